The SMILES string of the molecule is CC(C)N.CCN(CC)C(=O)SCc1ccc(Cl)cc1. The molecule has 0 aromatic heterocycles. The summed E-state index contributed by atoms with van der Waals surface area (Å²) in [6, 6.07) is 7.92. The van der Waals surface area contributed by atoms with Gasteiger partial charge in [-0.2, -0.15) is 0 Å². The van der Waals surface area contributed by atoms with Gasteiger partial charge in [-0.05, 0) is 37.6 Å². The van der Waals surface area contributed by atoms with Crippen molar-refractivity contribution in [2.24, 2.45) is 5.73 Å². The highest BCUT2D eigenvalue weighted by Crippen LogP contribution is 2.18. The van der Waals surface area contributed by atoms with E-state index in [2.05, 4.69) is 0 Å². The predicted octanol–water partition coefficient (Wildman–Crippen LogP) is 4.39. The van der Waals surface area contributed by atoms with Crippen LogP contribution in [0.25, 0.3) is 0 Å². The van der Waals surface area contributed by atoms with Crippen LogP contribution in [0.15, 0.2) is 24.3 Å². The summed E-state index contributed by atoms with van der Waals surface area (Å²) in [5, 5.41) is 0.865. The van der Waals surface area contributed by atoms with Crippen molar-refractivity contribution in [2.75, 3.05) is 13.1 Å². The average molecular weight is 317 g/mol. The molecule has 1 rings (SSSR count). The number of nitrogens with zero attached hydrogens (tertiary/aromatic N) is 1. The molecule has 0 heterocycles. The van der Waals surface area contributed by atoms with Gasteiger partial charge in [0, 0.05) is 23.9 Å². The molecule has 1 amide bonds. The van der Waals surface area contributed by atoms with Crippen LogP contribution in [0, 0.1) is 0 Å². The lowest BCUT2D eigenvalue weighted by atomic mass is 10.2. The van der Waals surface area contributed by atoms with Crippen LogP contribution < -0.4 is 5.73 Å². The minimum absolute atomic E-state index is 0.139. The molecule has 0 unspecified atom stereocenters. The van der Waals surface area contributed by atoms with E-state index in [-0.39, 0.29) is 5.24 Å². The number of hydrogen-bond acceptors (Lipinski definition) is 3. The fourth-order valence-corrected chi connectivity index (χ4v) is 2.35. The van der Waals surface area contributed by atoms with E-state index in [0.29, 0.717) is 11.8 Å². The first kappa shape index (κ1) is 19.3. The number of amides is 1. The fraction of sp³-hybridized carbons (Fsp3) is 0.533. The molecule has 114 valence electrons. The molecule has 2 N–H and O–H groups in total. The molecule has 0 spiro atoms. The highest BCUT2D eigenvalue weighted by molar-refractivity contribution is 8.12. The van der Waals surface area contributed by atoms with Crippen LogP contribution in [0.2, 0.25) is 5.02 Å². The lowest BCUT2D eigenvalue weighted by Gasteiger charge is -2.17. The second-order valence-corrected chi connectivity index (χ2v) is 5.96. The Morgan fingerprint density at radius 3 is 2.10 bits per heavy atom. The van der Waals surface area contributed by atoms with Crippen molar-refractivity contribution in [3.63, 3.8) is 0 Å². The predicted molar refractivity (Wildman–Crippen MR) is 90.4 cm³/mol. The fourth-order valence-electron chi connectivity index (χ4n) is 1.30. The minimum atomic E-state index is 0.139. The standard InChI is InChI=1S/C12H16ClNOS.C3H9N/c1-3-14(4-2)12(15)16-9-10-5-7-11(13)8-6-10;1-3(2)4/h5-8H,3-4,9H2,1-2H3;3H,4H2,1-2H3. The Bertz CT molecular complexity index is 375. The maximum Gasteiger partial charge on any atom is 0.281 e. The molecular formula is C15H25ClN2OS. The van der Waals surface area contributed by atoms with Crippen LogP contribution >= 0.6 is 23.4 Å². The summed E-state index contributed by atoms with van der Waals surface area (Å²) >= 11 is 7.12. The third-order valence-electron chi connectivity index (χ3n) is 2.30. The van der Waals surface area contributed by atoms with Gasteiger partial charge in [0.05, 0.1) is 0 Å². The van der Waals surface area contributed by atoms with Crippen molar-refractivity contribution in [1.29, 1.82) is 0 Å². The average Bonchev–Trinajstić information content (AvgIpc) is 2.39. The summed E-state index contributed by atoms with van der Waals surface area (Å²) < 4.78 is 0. The van der Waals surface area contributed by atoms with E-state index < -0.39 is 0 Å². The Kier molecular flexibility index (Phi) is 10.6. The van der Waals surface area contributed by atoms with E-state index in [9.17, 15) is 4.79 Å². The molecule has 0 aliphatic rings. The lowest BCUT2D eigenvalue weighted by Crippen LogP contribution is -2.26. The first-order valence-corrected chi connectivity index (χ1v) is 8.18. The van der Waals surface area contributed by atoms with Gasteiger partial charge in [0.15, 0.2) is 0 Å². The van der Waals surface area contributed by atoms with E-state index in [4.69, 9.17) is 17.3 Å². The molecule has 0 bridgehead atoms. The number of benzene rings is 1. The van der Waals surface area contributed by atoms with Crippen molar-refractivity contribution in [1.82, 2.24) is 4.90 Å². The van der Waals surface area contributed by atoms with E-state index in [1.807, 2.05) is 56.9 Å². The Labute approximate surface area is 131 Å². The second kappa shape index (κ2) is 11.0. The van der Waals surface area contributed by atoms with Gasteiger partial charge in [0.25, 0.3) is 5.24 Å². The molecule has 0 radical (unpaired) electrons. The zero-order valence-corrected chi connectivity index (χ0v) is 14.3. The van der Waals surface area contributed by atoms with Crippen molar-refractivity contribution in [3.8, 4) is 0 Å². The Balaban J connectivity index is 0.000000796. The summed E-state index contributed by atoms with van der Waals surface area (Å²) in [7, 11) is 0. The van der Waals surface area contributed by atoms with Crippen molar-refractivity contribution in [3.05, 3.63) is 34.9 Å². The number of thioether (sulfide) groups is 1. The molecule has 0 aliphatic carbocycles. The number of carbonyl (C=O) groups is 1. The van der Waals surface area contributed by atoms with Gasteiger partial charge in [-0.25, -0.2) is 0 Å². The number of carbonyl (C=O) groups excluding carboxylic acids is 1. The normalized spacial score (nSPS) is 9.95. The number of nitrogens with two attached hydrogens (primary N) is 1. The smallest absolute Gasteiger partial charge is 0.281 e. The lowest BCUT2D eigenvalue weighted by molar-refractivity contribution is 0.228. The molecule has 0 saturated heterocycles. The van der Waals surface area contributed by atoms with Gasteiger partial charge < -0.3 is 10.6 Å². The van der Waals surface area contributed by atoms with Gasteiger partial charge >= 0.3 is 0 Å². The second-order valence-electron chi connectivity index (χ2n) is 4.60. The molecule has 0 aliphatic heterocycles. The topological polar surface area (TPSA) is 46.3 Å². The van der Waals surface area contributed by atoms with E-state index in [1.165, 1.54) is 11.8 Å². The van der Waals surface area contributed by atoms with Crippen LogP contribution in [-0.4, -0.2) is 29.3 Å². The maximum absolute atomic E-state index is 11.7. The van der Waals surface area contributed by atoms with E-state index in [0.717, 1.165) is 23.7 Å². The summed E-state index contributed by atoms with van der Waals surface area (Å²) in [5.41, 5.74) is 6.23. The summed E-state index contributed by atoms with van der Waals surface area (Å²) in [4.78, 5) is 13.5. The first-order chi connectivity index (χ1) is 9.40. The number of rotatable bonds is 4. The Hall–Kier alpha value is -0.710. The summed E-state index contributed by atoms with van der Waals surface area (Å²) in [6.07, 6.45) is 0. The highest BCUT2D eigenvalue weighted by atomic mass is 35.5. The molecule has 1 aromatic carbocycles. The monoisotopic (exact) mass is 316 g/mol. The Morgan fingerprint density at radius 1 is 1.25 bits per heavy atom. The molecule has 0 fully saturated rings. The minimum Gasteiger partial charge on any atom is -0.334 e. The van der Waals surface area contributed by atoms with Crippen molar-refractivity contribution < 1.29 is 4.79 Å². The molecule has 3 nitrogen and oxygen atoms in total. The third kappa shape index (κ3) is 9.23. The van der Waals surface area contributed by atoms with Crippen molar-refractivity contribution in [2.45, 2.75) is 39.5 Å². The van der Waals surface area contributed by atoms with Gasteiger partial charge in [-0.1, -0.05) is 49.3 Å². The molecular weight excluding hydrogens is 292 g/mol. The largest absolute Gasteiger partial charge is 0.334 e. The highest BCUT2D eigenvalue weighted by Gasteiger charge is 2.09. The van der Waals surface area contributed by atoms with Crippen LogP contribution in [-0.2, 0) is 5.75 Å². The molecule has 1 aromatic rings. The summed E-state index contributed by atoms with van der Waals surface area (Å²) in [5.74, 6) is 0.701. The zero-order valence-electron chi connectivity index (χ0n) is 12.7. The molecule has 5 heteroatoms. The Morgan fingerprint density at radius 2 is 1.70 bits per heavy atom. The van der Waals surface area contributed by atoms with Crippen LogP contribution in [0.5, 0.6) is 0 Å². The zero-order chi connectivity index (χ0) is 15.5. The molecule has 0 saturated carbocycles. The van der Waals surface area contributed by atoms with Gasteiger partial charge in [0.2, 0.25) is 0 Å². The number of hydrogen-bond donors (Lipinski definition) is 1. The van der Waals surface area contributed by atoms with Gasteiger partial charge in [-0.3, -0.25) is 4.79 Å². The van der Waals surface area contributed by atoms with Gasteiger partial charge in [0.1, 0.15) is 0 Å². The van der Waals surface area contributed by atoms with Crippen LogP contribution in [0.1, 0.15) is 33.3 Å². The van der Waals surface area contributed by atoms with E-state index in [1.54, 1.807) is 0 Å². The molecule has 20 heavy (non-hydrogen) atoms. The maximum atomic E-state index is 11.7. The van der Waals surface area contributed by atoms with E-state index >= 15 is 0 Å². The van der Waals surface area contributed by atoms with Crippen LogP contribution in [0.3, 0.4) is 0 Å². The van der Waals surface area contributed by atoms with Crippen molar-refractivity contribution >= 4 is 28.6 Å². The molecule has 0 atom stereocenters. The number of halogens is 1. The van der Waals surface area contributed by atoms with Gasteiger partial charge in [-0.15, -0.1) is 0 Å². The quantitative estimate of drug-likeness (QED) is 0.896. The first-order valence-electron chi connectivity index (χ1n) is 6.82. The summed E-state index contributed by atoms with van der Waals surface area (Å²) in [6.45, 7) is 9.40. The third-order valence-corrected chi connectivity index (χ3v) is 3.53. The van der Waals surface area contributed by atoms with Crippen LogP contribution in [0.4, 0.5) is 4.79 Å².